The smallest absolute Gasteiger partial charge is 0.254 e. The second-order valence-electron chi connectivity index (χ2n) is 3.88. The van der Waals surface area contributed by atoms with Gasteiger partial charge in [-0.1, -0.05) is 23.2 Å². The van der Waals surface area contributed by atoms with Gasteiger partial charge >= 0.3 is 0 Å². The van der Waals surface area contributed by atoms with E-state index in [0.717, 1.165) is 5.76 Å². The Kier molecular flexibility index (Phi) is 4.00. The summed E-state index contributed by atoms with van der Waals surface area (Å²) < 4.78 is 6.33. The Morgan fingerprint density at radius 3 is 2.67 bits per heavy atom. The fourth-order valence-electron chi connectivity index (χ4n) is 1.53. The van der Waals surface area contributed by atoms with Crippen molar-refractivity contribution < 1.29 is 9.21 Å². The van der Waals surface area contributed by atoms with Crippen molar-refractivity contribution in [2.45, 2.75) is 19.9 Å². The van der Waals surface area contributed by atoms with Crippen molar-refractivity contribution >= 4 is 40.4 Å². The lowest BCUT2D eigenvalue weighted by molar-refractivity contribution is 0.0935. The number of halogens is 2. The molecule has 0 radical (unpaired) electrons. The summed E-state index contributed by atoms with van der Waals surface area (Å²) in [5.74, 6) is 1.26. The molecule has 3 nitrogen and oxygen atoms in total. The summed E-state index contributed by atoms with van der Waals surface area (Å²) in [5, 5.41) is 2.81. The quantitative estimate of drug-likeness (QED) is 0.910. The normalized spacial score (nSPS) is 12.4. The van der Waals surface area contributed by atoms with Crippen LogP contribution < -0.4 is 5.32 Å². The van der Waals surface area contributed by atoms with E-state index in [1.54, 1.807) is 6.07 Å². The van der Waals surface area contributed by atoms with E-state index >= 15 is 0 Å². The number of rotatable bonds is 3. The molecule has 0 aliphatic heterocycles. The van der Waals surface area contributed by atoms with Crippen LogP contribution in [-0.2, 0) is 0 Å². The number of nitrogens with one attached hydrogen (secondary N) is 1. The monoisotopic (exact) mass is 303 g/mol. The second kappa shape index (κ2) is 5.34. The number of hydrogen-bond donors (Lipinski definition) is 1. The standard InChI is InChI=1S/C12H11Cl2NO2S/c1-6-3-4-9(17-6)7(2)15-12(16)8-5-10(13)18-11(8)14/h3-5,7H,1-2H3,(H,15,16). The van der Waals surface area contributed by atoms with Crippen LogP contribution in [0.1, 0.15) is 34.8 Å². The molecule has 6 heteroatoms. The van der Waals surface area contributed by atoms with Gasteiger partial charge in [-0.15, -0.1) is 11.3 Å². The summed E-state index contributed by atoms with van der Waals surface area (Å²) in [4.78, 5) is 12.0. The fraction of sp³-hybridized carbons (Fsp3) is 0.250. The minimum Gasteiger partial charge on any atom is -0.464 e. The molecule has 0 saturated heterocycles. The average molecular weight is 304 g/mol. The molecule has 2 aromatic rings. The van der Waals surface area contributed by atoms with E-state index in [1.807, 2.05) is 26.0 Å². The zero-order chi connectivity index (χ0) is 13.3. The van der Waals surface area contributed by atoms with Gasteiger partial charge in [-0.05, 0) is 32.0 Å². The maximum absolute atomic E-state index is 12.0. The maximum Gasteiger partial charge on any atom is 0.254 e. The molecular formula is C12H11Cl2NO2S. The molecule has 1 unspecified atom stereocenters. The molecule has 1 atom stereocenters. The number of furan rings is 1. The molecule has 18 heavy (non-hydrogen) atoms. The van der Waals surface area contributed by atoms with Crippen LogP contribution in [0.25, 0.3) is 0 Å². The van der Waals surface area contributed by atoms with Crippen molar-refractivity contribution in [3.8, 4) is 0 Å². The highest BCUT2D eigenvalue weighted by atomic mass is 35.5. The van der Waals surface area contributed by atoms with Crippen molar-refractivity contribution in [1.29, 1.82) is 0 Å². The Morgan fingerprint density at radius 1 is 1.44 bits per heavy atom. The Bertz CT molecular complexity index is 576. The van der Waals surface area contributed by atoms with Gasteiger partial charge in [-0.2, -0.15) is 0 Å². The summed E-state index contributed by atoms with van der Waals surface area (Å²) in [6.07, 6.45) is 0. The summed E-state index contributed by atoms with van der Waals surface area (Å²) in [5.41, 5.74) is 0.391. The first-order chi connectivity index (χ1) is 8.47. The topological polar surface area (TPSA) is 42.2 Å². The number of carbonyl (C=O) groups excluding carboxylic acids is 1. The minimum absolute atomic E-state index is 0.221. The van der Waals surface area contributed by atoms with Gasteiger partial charge in [0.1, 0.15) is 15.9 Å². The van der Waals surface area contributed by atoms with E-state index in [9.17, 15) is 4.79 Å². The number of hydrogen-bond acceptors (Lipinski definition) is 3. The molecule has 1 N–H and O–H groups in total. The Morgan fingerprint density at radius 2 is 2.17 bits per heavy atom. The lowest BCUT2D eigenvalue weighted by atomic mass is 10.2. The van der Waals surface area contributed by atoms with Crippen LogP contribution in [0.15, 0.2) is 22.6 Å². The molecule has 0 bridgehead atoms. The fourth-order valence-corrected chi connectivity index (χ4v) is 2.99. The molecule has 2 aromatic heterocycles. The SMILES string of the molecule is Cc1ccc(C(C)NC(=O)c2cc(Cl)sc2Cl)o1. The molecule has 2 heterocycles. The first-order valence-electron chi connectivity index (χ1n) is 5.29. The molecule has 0 saturated carbocycles. The molecular weight excluding hydrogens is 293 g/mol. The molecule has 1 amide bonds. The van der Waals surface area contributed by atoms with Gasteiger partial charge in [0.15, 0.2) is 0 Å². The highest BCUT2D eigenvalue weighted by molar-refractivity contribution is 7.20. The lowest BCUT2D eigenvalue weighted by Gasteiger charge is -2.10. The van der Waals surface area contributed by atoms with Gasteiger partial charge in [0.2, 0.25) is 0 Å². The average Bonchev–Trinajstić information content (AvgIpc) is 2.84. The lowest BCUT2D eigenvalue weighted by Crippen LogP contribution is -2.26. The molecule has 0 spiro atoms. The maximum atomic E-state index is 12.0. The van der Waals surface area contributed by atoms with Crippen molar-refractivity contribution in [3.05, 3.63) is 44.0 Å². The van der Waals surface area contributed by atoms with Crippen molar-refractivity contribution in [2.24, 2.45) is 0 Å². The summed E-state index contributed by atoms with van der Waals surface area (Å²) in [7, 11) is 0. The summed E-state index contributed by atoms with van der Waals surface area (Å²) in [6, 6.07) is 5.03. The van der Waals surface area contributed by atoms with Crippen LogP contribution in [0.3, 0.4) is 0 Å². The molecule has 0 aliphatic carbocycles. The highest BCUT2D eigenvalue weighted by Gasteiger charge is 2.18. The molecule has 0 aromatic carbocycles. The van der Waals surface area contributed by atoms with Gasteiger partial charge in [-0.25, -0.2) is 0 Å². The van der Waals surface area contributed by atoms with Gasteiger partial charge in [-0.3, -0.25) is 4.79 Å². The van der Waals surface area contributed by atoms with Crippen LogP contribution in [0.2, 0.25) is 8.67 Å². The third-order valence-electron chi connectivity index (χ3n) is 2.44. The molecule has 0 aliphatic rings. The number of carbonyl (C=O) groups is 1. The molecule has 0 fully saturated rings. The predicted molar refractivity (Wildman–Crippen MR) is 73.7 cm³/mol. The highest BCUT2D eigenvalue weighted by Crippen LogP contribution is 2.31. The van der Waals surface area contributed by atoms with Crippen LogP contribution in [-0.4, -0.2) is 5.91 Å². The Balaban J connectivity index is 2.10. The van der Waals surface area contributed by atoms with Gasteiger partial charge in [0.25, 0.3) is 5.91 Å². The number of amides is 1. The molecule has 96 valence electrons. The summed E-state index contributed by atoms with van der Waals surface area (Å²) >= 11 is 12.9. The largest absolute Gasteiger partial charge is 0.464 e. The van der Waals surface area contributed by atoms with Crippen LogP contribution in [0.5, 0.6) is 0 Å². The predicted octanol–water partition coefficient (Wildman–Crippen LogP) is 4.45. The minimum atomic E-state index is -0.260. The van der Waals surface area contributed by atoms with Gasteiger partial charge < -0.3 is 9.73 Å². The van der Waals surface area contributed by atoms with Crippen LogP contribution in [0, 0.1) is 6.92 Å². The molecule has 2 rings (SSSR count). The first-order valence-corrected chi connectivity index (χ1v) is 6.86. The van der Waals surface area contributed by atoms with Crippen molar-refractivity contribution in [3.63, 3.8) is 0 Å². The third kappa shape index (κ3) is 2.88. The zero-order valence-electron chi connectivity index (χ0n) is 9.79. The third-order valence-corrected chi connectivity index (χ3v) is 3.92. The van der Waals surface area contributed by atoms with Crippen LogP contribution >= 0.6 is 34.5 Å². The Hall–Kier alpha value is -0.970. The van der Waals surface area contributed by atoms with E-state index in [2.05, 4.69) is 5.32 Å². The van der Waals surface area contributed by atoms with E-state index in [1.165, 1.54) is 11.3 Å². The van der Waals surface area contributed by atoms with Crippen LogP contribution in [0.4, 0.5) is 0 Å². The second-order valence-corrected chi connectivity index (χ2v) is 6.17. The van der Waals surface area contributed by atoms with Gasteiger partial charge in [0.05, 0.1) is 15.9 Å². The van der Waals surface area contributed by atoms with Gasteiger partial charge in [0, 0.05) is 0 Å². The summed E-state index contributed by atoms with van der Waals surface area (Å²) in [6.45, 7) is 3.70. The van der Waals surface area contributed by atoms with Crippen molar-refractivity contribution in [1.82, 2.24) is 5.32 Å². The van der Waals surface area contributed by atoms with E-state index in [4.69, 9.17) is 27.6 Å². The first kappa shape index (κ1) is 13.5. The van der Waals surface area contributed by atoms with E-state index in [0.29, 0.717) is 20.0 Å². The zero-order valence-corrected chi connectivity index (χ0v) is 12.1. The van der Waals surface area contributed by atoms with E-state index < -0.39 is 0 Å². The van der Waals surface area contributed by atoms with Crippen molar-refractivity contribution in [2.75, 3.05) is 0 Å². The number of thiophene rings is 1. The van der Waals surface area contributed by atoms with E-state index in [-0.39, 0.29) is 11.9 Å². The number of aryl methyl sites for hydroxylation is 1. The Labute approximate surface area is 119 Å².